The van der Waals surface area contributed by atoms with Gasteiger partial charge in [0.05, 0.1) is 12.2 Å². The van der Waals surface area contributed by atoms with Crippen LogP contribution in [-0.4, -0.2) is 71.2 Å². The van der Waals surface area contributed by atoms with Crippen LogP contribution >= 0.6 is 11.6 Å². The van der Waals surface area contributed by atoms with Gasteiger partial charge in [-0.05, 0) is 99.5 Å². The van der Waals surface area contributed by atoms with Gasteiger partial charge in [0.25, 0.3) is 0 Å². The third-order valence-electron chi connectivity index (χ3n) is 12.3. The Hall–Kier alpha value is -5.88. The average Bonchev–Trinajstić information content (AvgIpc) is 3.73. The average molecular weight is 970 g/mol. The van der Waals surface area contributed by atoms with Crippen molar-refractivity contribution >= 4 is 22.6 Å². The van der Waals surface area contributed by atoms with Crippen LogP contribution in [0.2, 0.25) is 5.02 Å². The first-order valence-corrected chi connectivity index (χ1v) is 25.4. The lowest BCUT2D eigenvalue weighted by molar-refractivity contribution is 0.0109. The number of hydrogen-bond acceptors (Lipinski definition) is 10. The smallest absolute Gasteiger partial charge is 0.167 e. The summed E-state index contributed by atoms with van der Waals surface area (Å²) in [6, 6.07) is 26.6. The Bertz CT molecular complexity index is 2750. The van der Waals surface area contributed by atoms with Gasteiger partial charge < -0.3 is 24.8 Å². The minimum absolute atomic E-state index is 0.0147. The molecule has 0 aliphatic heterocycles. The molecule has 0 aliphatic rings. The number of phenols is 2. The van der Waals surface area contributed by atoms with Gasteiger partial charge in [0, 0.05) is 34.4 Å². The first-order chi connectivity index (χ1) is 33.5. The fraction of sp³-hybridized carbons (Fsp3) is 0.431. The van der Waals surface area contributed by atoms with Gasteiger partial charge in [0.15, 0.2) is 17.5 Å². The Morgan fingerprint density at radius 3 is 1.69 bits per heavy atom. The van der Waals surface area contributed by atoms with Crippen LogP contribution in [0.25, 0.3) is 50.9 Å². The van der Waals surface area contributed by atoms with E-state index in [9.17, 15) is 15.3 Å². The Morgan fingerprint density at radius 1 is 0.586 bits per heavy atom. The monoisotopic (exact) mass is 969 g/mol. The minimum Gasteiger partial charge on any atom is -0.507 e. The lowest BCUT2D eigenvalue weighted by Gasteiger charge is -2.22. The molecule has 7 aromatic rings. The number of ether oxygens (including phenoxy) is 2. The number of nitrogens with zero attached hydrogens (tertiary/aromatic N) is 6. The Kier molecular flexibility index (Phi) is 19.3. The standard InChI is InChI=1S/C41H55N3O4.C17H18ClN3O/c1-6-7-8-9-10-11-12-13-14-15-16-23-47-27-33(45)28-48-34-19-22-37(38(46)26-34)41-43-39(35-20-17-29(2)24-31(35)4)42-40(44-41)36-21-18-30(3)25-32(36)5;1-10-7-12(17(2,3)4)16(22)15(8-10)21-19-13-6-5-11(18)9-14(13)20-21/h17-22,24-26,33,45-46H,6-16,23,27-28H2,1-5H3;5-9,22H,1-4H3. The van der Waals surface area contributed by atoms with Gasteiger partial charge >= 0.3 is 0 Å². The summed E-state index contributed by atoms with van der Waals surface area (Å²) in [4.78, 5) is 16.0. The maximum Gasteiger partial charge on any atom is 0.167 e. The predicted octanol–water partition coefficient (Wildman–Crippen LogP) is 14.3. The lowest BCUT2D eigenvalue weighted by atomic mass is 9.85. The molecule has 0 fully saturated rings. The van der Waals surface area contributed by atoms with E-state index in [0.717, 1.165) is 62.9 Å². The van der Waals surface area contributed by atoms with E-state index in [4.69, 9.17) is 36.0 Å². The highest BCUT2D eigenvalue weighted by Gasteiger charge is 2.23. The summed E-state index contributed by atoms with van der Waals surface area (Å²) >= 11 is 5.99. The number of aliphatic hydroxyl groups excluding tert-OH is 1. The Labute approximate surface area is 420 Å². The van der Waals surface area contributed by atoms with Crippen LogP contribution in [0.3, 0.4) is 0 Å². The van der Waals surface area contributed by atoms with Crippen molar-refractivity contribution in [1.29, 1.82) is 0 Å². The summed E-state index contributed by atoms with van der Waals surface area (Å²) in [5.41, 5.74) is 10.5. The summed E-state index contributed by atoms with van der Waals surface area (Å²) < 4.78 is 11.5. The van der Waals surface area contributed by atoms with Crippen LogP contribution < -0.4 is 4.74 Å². The second-order valence-corrected chi connectivity index (χ2v) is 20.2. The van der Waals surface area contributed by atoms with E-state index in [1.807, 2.05) is 63.2 Å². The molecule has 1 atom stereocenters. The summed E-state index contributed by atoms with van der Waals surface area (Å²) in [5, 5.41) is 41.6. The number of aromatic hydroxyl groups is 2. The van der Waals surface area contributed by atoms with Crippen molar-refractivity contribution in [2.24, 2.45) is 0 Å². The molecule has 1 unspecified atom stereocenters. The van der Waals surface area contributed by atoms with Gasteiger partial charge in [0.2, 0.25) is 0 Å². The molecule has 0 saturated heterocycles. The SMILES string of the molecule is CCCCCCCCCCCCCOCC(O)COc1ccc(-c2nc(-c3ccc(C)cc3C)nc(-c3ccc(C)cc3C)n2)c(O)c1.Cc1cc(-n2nc3ccc(Cl)cc3n2)c(O)c(C(C)(C)C)c1. The van der Waals surface area contributed by atoms with Crippen molar-refractivity contribution in [2.45, 2.75) is 144 Å². The molecule has 0 radical (unpaired) electrons. The van der Waals surface area contributed by atoms with Gasteiger partial charge in [-0.15, -0.1) is 15.0 Å². The molecule has 0 amide bonds. The van der Waals surface area contributed by atoms with Gasteiger partial charge in [-0.1, -0.05) is 157 Å². The number of hydrogen-bond donors (Lipinski definition) is 3. The molecule has 2 aromatic heterocycles. The summed E-state index contributed by atoms with van der Waals surface area (Å²) in [7, 11) is 0. The van der Waals surface area contributed by atoms with Crippen LogP contribution in [0.5, 0.6) is 17.2 Å². The number of aliphatic hydroxyl groups is 1. The number of aromatic nitrogens is 6. The number of fused-ring (bicyclic) bond motifs is 1. The molecular weight excluding hydrogens is 896 g/mol. The fourth-order valence-corrected chi connectivity index (χ4v) is 8.63. The highest BCUT2D eigenvalue weighted by molar-refractivity contribution is 6.31. The summed E-state index contributed by atoms with van der Waals surface area (Å²) in [6.07, 6.45) is 13.4. The third kappa shape index (κ3) is 15.1. The van der Waals surface area contributed by atoms with Crippen LogP contribution in [0.15, 0.2) is 84.9 Å². The van der Waals surface area contributed by atoms with Gasteiger partial charge in [-0.3, -0.25) is 0 Å². The normalized spacial score (nSPS) is 12.0. The number of benzene rings is 5. The summed E-state index contributed by atoms with van der Waals surface area (Å²) in [5.74, 6) is 2.10. The molecule has 2 heterocycles. The molecule has 7 rings (SSSR count). The van der Waals surface area contributed by atoms with Crippen LogP contribution in [0.4, 0.5) is 0 Å². The molecule has 70 heavy (non-hydrogen) atoms. The van der Waals surface area contributed by atoms with Gasteiger partial charge in [-0.25, -0.2) is 15.0 Å². The van der Waals surface area contributed by atoms with E-state index >= 15 is 0 Å². The van der Waals surface area contributed by atoms with Crippen molar-refractivity contribution in [3.63, 3.8) is 0 Å². The van der Waals surface area contributed by atoms with Gasteiger partial charge in [-0.2, -0.15) is 0 Å². The number of aryl methyl sites for hydroxylation is 5. The summed E-state index contributed by atoms with van der Waals surface area (Å²) in [6.45, 7) is 19.6. The maximum atomic E-state index is 11.1. The van der Waals surface area contributed by atoms with Crippen molar-refractivity contribution < 1.29 is 24.8 Å². The maximum absolute atomic E-state index is 11.1. The molecule has 0 aliphatic carbocycles. The van der Waals surface area contributed by atoms with Crippen molar-refractivity contribution in [1.82, 2.24) is 29.9 Å². The zero-order valence-electron chi connectivity index (χ0n) is 42.8. The second kappa shape index (κ2) is 25.3. The van der Waals surface area contributed by atoms with Crippen molar-refractivity contribution in [3.8, 4) is 57.1 Å². The minimum atomic E-state index is -0.760. The molecule has 3 N–H and O–H groups in total. The quantitative estimate of drug-likeness (QED) is 0.0594. The van der Waals surface area contributed by atoms with Crippen LogP contribution in [0, 0.1) is 34.6 Å². The topological polar surface area (TPSA) is 149 Å². The molecule has 11 nitrogen and oxygen atoms in total. The zero-order chi connectivity index (χ0) is 50.4. The number of phenolic OH excluding ortho intramolecular Hbond substituents is 2. The first-order valence-electron chi connectivity index (χ1n) is 25.0. The van der Waals surface area contributed by atoms with E-state index in [0.29, 0.717) is 51.6 Å². The number of halogens is 1. The molecule has 0 spiro atoms. The van der Waals surface area contributed by atoms with Crippen LogP contribution in [-0.2, 0) is 10.2 Å². The molecule has 372 valence electrons. The van der Waals surface area contributed by atoms with E-state index in [1.165, 1.54) is 68.7 Å². The first kappa shape index (κ1) is 53.5. The molecule has 0 saturated carbocycles. The Morgan fingerprint density at radius 2 is 1.13 bits per heavy atom. The lowest BCUT2D eigenvalue weighted by Crippen LogP contribution is -2.23. The predicted molar refractivity (Wildman–Crippen MR) is 285 cm³/mol. The van der Waals surface area contributed by atoms with Gasteiger partial charge in [0.1, 0.15) is 46.7 Å². The number of rotatable bonds is 21. The van der Waals surface area contributed by atoms with Crippen LogP contribution in [0.1, 0.15) is 132 Å². The Balaban J connectivity index is 0.000000302. The molecule has 0 bridgehead atoms. The third-order valence-corrected chi connectivity index (χ3v) is 12.6. The fourth-order valence-electron chi connectivity index (χ4n) is 8.46. The zero-order valence-corrected chi connectivity index (χ0v) is 43.5. The van der Waals surface area contributed by atoms with E-state index in [-0.39, 0.29) is 30.1 Å². The second-order valence-electron chi connectivity index (χ2n) is 19.7. The van der Waals surface area contributed by atoms with Crippen molar-refractivity contribution in [3.05, 3.63) is 123 Å². The van der Waals surface area contributed by atoms with E-state index in [1.54, 1.807) is 24.3 Å². The van der Waals surface area contributed by atoms with E-state index in [2.05, 4.69) is 63.9 Å². The molecular formula is C58H73ClN6O5. The number of unbranched alkanes of at least 4 members (excludes halogenated alkanes) is 10. The largest absolute Gasteiger partial charge is 0.507 e. The highest BCUT2D eigenvalue weighted by Crippen LogP contribution is 2.37. The molecule has 5 aromatic carbocycles. The van der Waals surface area contributed by atoms with Crippen molar-refractivity contribution in [2.75, 3.05) is 19.8 Å². The van der Waals surface area contributed by atoms with E-state index < -0.39 is 6.10 Å². The highest BCUT2D eigenvalue weighted by atomic mass is 35.5. The molecule has 12 heteroatoms.